The van der Waals surface area contributed by atoms with E-state index in [1.54, 1.807) is 0 Å². The first kappa shape index (κ1) is 17.8. The minimum Gasteiger partial charge on any atom is -0.372 e. The van der Waals surface area contributed by atoms with Crippen LogP contribution in [-0.4, -0.2) is 25.5 Å². The zero-order chi connectivity index (χ0) is 17.0. The second kappa shape index (κ2) is 7.85. The number of rotatable bonds is 7. The van der Waals surface area contributed by atoms with Gasteiger partial charge in [-0.15, -0.1) is 0 Å². The molecule has 1 amide bonds. The molecule has 1 fully saturated rings. The number of benzene rings is 1. The Labute approximate surface area is 141 Å². The van der Waals surface area contributed by atoms with Gasteiger partial charge in [0.25, 0.3) is 0 Å². The molecule has 3 heteroatoms. The lowest BCUT2D eigenvalue weighted by Crippen LogP contribution is -2.30. The number of carbonyl (C=O) groups excluding carboxylic acids is 1. The van der Waals surface area contributed by atoms with E-state index in [1.165, 1.54) is 5.69 Å². The molecule has 0 radical (unpaired) electrons. The van der Waals surface area contributed by atoms with Gasteiger partial charge in [0, 0.05) is 36.9 Å². The van der Waals surface area contributed by atoms with Crippen molar-refractivity contribution < 1.29 is 4.79 Å². The first-order valence-corrected chi connectivity index (χ1v) is 9.23. The molecule has 1 saturated heterocycles. The van der Waals surface area contributed by atoms with E-state index in [2.05, 4.69) is 63.8 Å². The van der Waals surface area contributed by atoms with Crippen molar-refractivity contribution in [3.05, 3.63) is 24.3 Å². The Hall–Kier alpha value is -1.51. The molecule has 0 aromatic heterocycles. The summed E-state index contributed by atoms with van der Waals surface area (Å²) in [6.45, 7) is 13.8. The quantitative estimate of drug-likeness (QED) is 0.736. The van der Waals surface area contributed by atoms with E-state index >= 15 is 0 Å². The summed E-state index contributed by atoms with van der Waals surface area (Å²) in [5, 5.41) is 0. The van der Waals surface area contributed by atoms with Gasteiger partial charge in [-0.25, -0.2) is 0 Å². The van der Waals surface area contributed by atoms with Gasteiger partial charge in [-0.05, 0) is 49.9 Å². The molecule has 3 nitrogen and oxygen atoms in total. The van der Waals surface area contributed by atoms with Gasteiger partial charge in [0.15, 0.2) is 0 Å². The van der Waals surface area contributed by atoms with Crippen LogP contribution in [0.25, 0.3) is 0 Å². The molecule has 0 aliphatic carbocycles. The smallest absolute Gasteiger partial charge is 0.230 e. The lowest BCUT2D eigenvalue weighted by molar-refractivity contribution is -0.122. The topological polar surface area (TPSA) is 23.6 Å². The van der Waals surface area contributed by atoms with Crippen molar-refractivity contribution in [2.24, 2.45) is 17.8 Å². The highest BCUT2D eigenvalue weighted by atomic mass is 16.2. The highest BCUT2D eigenvalue weighted by molar-refractivity contribution is 5.97. The molecule has 2 unspecified atom stereocenters. The average Bonchev–Trinajstić information content (AvgIpc) is 2.86. The van der Waals surface area contributed by atoms with Crippen LogP contribution in [0.3, 0.4) is 0 Å². The fourth-order valence-corrected chi connectivity index (χ4v) is 4.04. The largest absolute Gasteiger partial charge is 0.372 e. The fraction of sp³-hybridized carbons (Fsp3) is 0.650. The van der Waals surface area contributed by atoms with E-state index in [0.29, 0.717) is 17.7 Å². The maximum atomic E-state index is 12.9. The van der Waals surface area contributed by atoms with Gasteiger partial charge in [-0.3, -0.25) is 4.79 Å². The third-order valence-corrected chi connectivity index (χ3v) is 5.48. The Morgan fingerprint density at radius 3 is 2.13 bits per heavy atom. The molecule has 1 aromatic rings. The third kappa shape index (κ3) is 3.54. The van der Waals surface area contributed by atoms with Crippen LogP contribution < -0.4 is 9.80 Å². The summed E-state index contributed by atoms with van der Waals surface area (Å²) < 4.78 is 0. The molecule has 0 bridgehead atoms. The van der Waals surface area contributed by atoms with Crippen molar-refractivity contribution in [2.45, 2.75) is 47.5 Å². The van der Waals surface area contributed by atoms with E-state index in [4.69, 9.17) is 0 Å². The molecule has 0 N–H and O–H groups in total. The zero-order valence-corrected chi connectivity index (χ0v) is 15.4. The molecule has 1 heterocycles. The SMILES string of the molecule is CCC(CC)C1C(=O)N(c2ccc(N(CC)CC)cc2)CC1C. The summed E-state index contributed by atoms with van der Waals surface area (Å²) in [6, 6.07) is 8.50. The summed E-state index contributed by atoms with van der Waals surface area (Å²) >= 11 is 0. The molecule has 128 valence electrons. The van der Waals surface area contributed by atoms with Crippen LogP contribution in [0, 0.1) is 17.8 Å². The molecular weight excluding hydrogens is 284 g/mol. The summed E-state index contributed by atoms with van der Waals surface area (Å²) in [5.41, 5.74) is 2.28. The third-order valence-electron chi connectivity index (χ3n) is 5.48. The highest BCUT2D eigenvalue weighted by Gasteiger charge is 2.41. The maximum absolute atomic E-state index is 12.9. The minimum absolute atomic E-state index is 0.187. The predicted molar refractivity (Wildman–Crippen MR) is 99.1 cm³/mol. The normalized spacial score (nSPS) is 21.3. The second-order valence-corrected chi connectivity index (χ2v) is 6.72. The van der Waals surface area contributed by atoms with Crippen LogP contribution in [0.2, 0.25) is 0 Å². The highest BCUT2D eigenvalue weighted by Crippen LogP contribution is 2.37. The summed E-state index contributed by atoms with van der Waals surface area (Å²) in [5.74, 6) is 1.46. The van der Waals surface area contributed by atoms with Crippen molar-refractivity contribution in [1.29, 1.82) is 0 Å². The van der Waals surface area contributed by atoms with Crippen LogP contribution in [0.15, 0.2) is 24.3 Å². The van der Waals surface area contributed by atoms with Crippen molar-refractivity contribution in [2.75, 3.05) is 29.4 Å². The van der Waals surface area contributed by atoms with Crippen molar-refractivity contribution in [1.82, 2.24) is 0 Å². The van der Waals surface area contributed by atoms with Crippen LogP contribution >= 0.6 is 0 Å². The summed E-state index contributed by atoms with van der Waals surface area (Å²) in [6.07, 6.45) is 2.18. The number of carbonyl (C=O) groups is 1. The molecule has 0 spiro atoms. The van der Waals surface area contributed by atoms with Crippen LogP contribution in [0.4, 0.5) is 11.4 Å². The molecule has 23 heavy (non-hydrogen) atoms. The van der Waals surface area contributed by atoms with Gasteiger partial charge < -0.3 is 9.80 Å². The predicted octanol–water partition coefficient (Wildman–Crippen LogP) is 4.57. The first-order valence-electron chi connectivity index (χ1n) is 9.23. The fourth-order valence-electron chi connectivity index (χ4n) is 4.04. The van der Waals surface area contributed by atoms with E-state index in [-0.39, 0.29) is 5.92 Å². The Balaban J connectivity index is 2.18. The monoisotopic (exact) mass is 316 g/mol. The van der Waals surface area contributed by atoms with E-state index < -0.39 is 0 Å². The average molecular weight is 316 g/mol. The number of anilines is 2. The summed E-state index contributed by atoms with van der Waals surface area (Å²) in [4.78, 5) is 17.2. The maximum Gasteiger partial charge on any atom is 0.230 e. The zero-order valence-electron chi connectivity index (χ0n) is 15.4. The molecule has 1 aliphatic heterocycles. The van der Waals surface area contributed by atoms with Crippen molar-refractivity contribution >= 4 is 17.3 Å². The van der Waals surface area contributed by atoms with Crippen molar-refractivity contribution in [3.63, 3.8) is 0 Å². The van der Waals surface area contributed by atoms with Gasteiger partial charge >= 0.3 is 0 Å². The molecule has 1 aliphatic rings. The molecule has 2 atom stereocenters. The lowest BCUT2D eigenvalue weighted by atomic mass is 9.81. The molecular formula is C20H32N2O. The van der Waals surface area contributed by atoms with Crippen LogP contribution in [0.1, 0.15) is 47.5 Å². The summed E-state index contributed by atoms with van der Waals surface area (Å²) in [7, 11) is 0. The van der Waals surface area contributed by atoms with E-state index in [0.717, 1.165) is 38.2 Å². The minimum atomic E-state index is 0.187. The number of nitrogens with zero attached hydrogens (tertiary/aromatic N) is 2. The van der Waals surface area contributed by atoms with Gasteiger partial charge in [0.2, 0.25) is 5.91 Å². The van der Waals surface area contributed by atoms with Gasteiger partial charge in [-0.2, -0.15) is 0 Å². The number of hydrogen-bond donors (Lipinski definition) is 0. The lowest BCUT2D eigenvalue weighted by Gasteiger charge is -2.24. The number of amides is 1. The van der Waals surface area contributed by atoms with Gasteiger partial charge in [0.05, 0.1) is 0 Å². The second-order valence-electron chi connectivity index (χ2n) is 6.72. The number of hydrogen-bond acceptors (Lipinski definition) is 2. The van der Waals surface area contributed by atoms with Gasteiger partial charge in [-0.1, -0.05) is 33.6 Å². The first-order chi connectivity index (χ1) is 11.1. The van der Waals surface area contributed by atoms with Gasteiger partial charge in [0.1, 0.15) is 0 Å². The van der Waals surface area contributed by atoms with Crippen LogP contribution in [-0.2, 0) is 4.79 Å². The Bertz CT molecular complexity index is 503. The molecule has 2 rings (SSSR count). The standard InChI is InChI=1S/C20H32N2O/c1-6-16(7-2)19-15(5)14-22(20(19)23)18-12-10-17(11-13-18)21(8-3)9-4/h10-13,15-16,19H,6-9,14H2,1-5H3. The van der Waals surface area contributed by atoms with E-state index in [9.17, 15) is 4.79 Å². The van der Waals surface area contributed by atoms with Crippen molar-refractivity contribution in [3.8, 4) is 0 Å². The Morgan fingerprint density at radius 1 is 1.09 bits per heavy atom. The van der Waals surface area contributed by atoms with Crippen LogP contribution in [0.5, 0.6) is 0 Å². The molecule has 0 saturated carbocycles. The molecule has 1 aromatic carbocycles. The Kier molecular flexibility index (Phi) is 6.09. The van der Waals surface area contributed by atoms with E-state index in [1.807, 2.05) is 4.90 Å². The Morgan fingerprint density at radius 2 is 1.65 bits per heavy atom.